The normalized spacial score (nSPS) is 13.6. The molecule has 0 aliphatic heterocycles. The number of hydrogen-bond acceptors (Lipinski definition) is 1. The summed E-state index contributed by atoms with van der Waals surface area (Å²) in [5.41, 5.74) is 3.19. The Morgan fingerprint density at radius 2 is 1.72 bits per heavy atom. The van der Waals surface area contributed by atoms with Crippen LogP contribution in [0, 0.1) is 5.41 Å². The Balaban J connectivity index is 2.51. The quantitative estimate of drug-likeness (QED) is 0.766. The van der Waals surface area contributed by atoms with Crippen molar-refractivity contribution >= 4 is 0 Å². The molecule has 1 unspecified atom stereocenters. The maximum atomic E-state index is 3.60. The molecule has 1 N–H and O–H groups in total. The fourth-order valence-electron chi connectivity index (χ4n) is 1.93. The fraction of sp³-hybridized carbons (Fsp3) is 0.647. The number of nitrogens with one attached hydrogen (secondary N) is 1. The molecule has 0 aliphatic carbocycles. The summed E-state index contributed by atoms with van der Waals surface area (Å²) >= 11 is 0. The third-order valence-corrected chi connectivity index (χ3v) is 3.24. The van der Waals surface area contributed by atoms with Gasteiger partial charge in [0.25, 0.3) is 0 Å². The Labute approximate surface area is 113 Å². The molecule has 1 aromatic rings. The van der Waals surface area contributed by atoms with Crippen molar-refractivity contribution in [1.82, 2.24) is 5.32 Å². The molecular weight excluding hydrogens is 218 g/mol. The Hall–Kier alpha value is -0.820. The number of unbranched alkanes of at least 4 members (excludes halogenated alkanes) is 1. The van der Waals surface area contributed by atoms with Crippen molar-refractivity contribution in [2.75, 3.05) is 6.54 Å². The first-order valence-electron chi connectivity index (χ1n) is 7.24. The first kappa shape index (κ1) is 15.2. The summed E-state index contributed by atoms with van der Waals surface area (Å²) in [7, 11) is 0. The van der Waals surface area contributed by atoms with Crippen LogP contribution in [0.3, 0.4) is 0 Å². The van der Waals surface area contributed by atoms with Crippen LogP contribution in [0.25, 0.3) is 0 Å². The Morgan fingerprint density at radius 1 is 1.11 bits per heavy atom. The van der Waals surface area contributed by atoms with Crippen LogP contribution >= 0.6 is 0 Å². The molecule has 0 fully saturated rings. The molecule has 0 saturated carbocycles. The molecule has 0 radical (unpaired) electrons. The molecule has 0 aliphatic rings. The van der Waals surface area contributed by atoms with Gasteiger partial charge in [-0.1, -0.05) is 58.4 Å². The van der Waals surface area contributed by atoms with Gasteiger partial charge >= 0.3 is 0 Å². The van der Waals surface area contributed by atoms with Gasteiger partial charge in [0.05, 0.1) is 0 Å². The van der Waals surface area contributed by atoms with E-state index in [1.54, 1.807) is 0 Å². The van der Waals surface area contributed by atoms with Gasteiger partial charge < -0.3 is 5.32 Å². The summed E-state index contributed by atoms with van der Waals surface area (Å²) in [6, 6.07) is 9.53. The topological polar surface area (TPSA) is 12.0 Å². The van der Waals surface area contributed by atoms with Gasteiger partial charge in [-0.15, -0.1) is 0 Å². The highest BCUT2D eigenvalue weighted by Gasteiger charge is 2.12. The monoisotopic (exact) mass is 247 g/mol. The maximum Gasteiger partial charge on any atom is 0.0292 e. The van der Waals surface area contributed by atoms with E-state index in [1.165, 1.54) is 30.4 Å². The average Bonchev–Trinajstić information content (AvgIpc) is 2.33. The molecule has 102 valence electrons. The second kappa shape index (κ2) is 6.94. The van der Waals surface area contributed by atoms with E-state index in [0.29, 0.717) is 11.5 Å². The number of benzene rings is 1. The minimum Gasteiger partial charge on any atom is -0.310 e. The summed E-state index contributed by atoms with van der Waals surface area (Å²) in [5.74, 6) is 0. The van der Waals surface area contributed by atoms with E-state index in [1.807, 2.05) is 0 Å². The van der Waals surface area contributed by atoms with Gasteiger partial charge in [0.2, 0.25) is 0 Å². The van der Waals surface area contributed by atoms with Crippen molar-refractivity contribution in [3.63, 3.8) is 0 Å². The lowest BCUT2D eigenvalue weighted by Crippen LogP contribution is -2.29. The smallest absolute Gasteiger partial charge is 0.0292 e. The largest absolute Gasteiger partial charge is 0.310 e. The first-order valence-corrected chi connectivity index (χ1v) is 7.24. The zero-order chi connectivity index (χ0) is 13.6. The molecule has 0 heterocycles. The van der Waals surface area contributed by atoms with Crippen LogP contribution in [0.2, 0.25) is 0 Å². The standard InChI is InChI=1S/C17H29N/c1-6-7-8-15-9-11-16(12-10-15)14(2)18-13-17(3,4)5/h9-12,14,18H,6-8,13H2,1-5H3. The number of hydrogen-bond donors (Lipinski definition) is 1. The van der Waals surface area contributed by atoms with Crippen molar-refractivity contribution in [2.45, 2.75) is 59.9 Å². The maximum absolute atomic E-state index is 3.60. The molecule has 1 atom stereocenters. The van der Waals surface area contributed by atoms with Crippen LogP contribution in [0.4, 0.5) is 0 Å². The Morgan fingerprint density at radius 3 is 2.22 bits per heavy atom. The van der Waals surface area contributed by atoms with Gasteiger partial charge in [-0.25, -0.2) is 0 Å². The molecule has 1 heteroatoms. The van der Waals surface area contributed by atoms with E-state index in [-0.39, 0.29) is 0 Å². The number of aryl methyl sites for hydroxylation is 1. The van der Waals surface area contributed by atoms with Crippen LogP contribution in [-0.4, -0.2) is 6.54 Å². The van der Waals surface area contributed by atoms with E-state index in [4.69, 9.17) is 0 Å². The van der Waals surface area contributed by atoms with Crippen molar-refractivity contribution in [1.29, 1.82) is 0 Å². The molecule has 1 rings (SSSR count). The van der Waals surface area contributed by atoms with Crippen molar-refractivity contribution in [3.8, 4) is 0 Å². The van der Waals surface area contributed by atoms with E-state index in [2.05, 4.69) is 64.2 Å². The average molecular weight is 247 g/mol. The second-order valence-corrected chi connectivity index (χ2v) is 6.51. The summed E-state index contributed by atoms with van der Waals surface area (Å²) in [4.78, 5) is 0. The zero-order valence-corrected chi connectivity index (χ0v) is 12.7. The molecule has 0 aromatic heterocycles. The minimum atomic E-state index is 0.343. The number of rotatable bonds is 6. The predicted octanol–water partition coefficient (Wildman–Crippen LogP) is 4.73. The van der Waals surface area contributed by atoms with Crippen LogP contribution in [-0.2, 0) is 6.42 Å². The first-order chi connectivity index (χ1) is 8.42. The Bertz CT molecular complexity index is 332. The van der Waals surface area contributed by atoms with E-state index in [0.717, 1.165) is 6.54 Å². The lowest BCUT2D eigenvalue weighted by atomic mass is 9.96. The van der Waals surface area contributed by atoms with Crippen molar-refractivity contribution < 1.29 is 0 Å². The lowest BCUT2D eigenvalue weighted by Gasteiger charge is -2.23. The van der Waals surface area contributed by atoms with Crippen LogP contribution < -0.4 is 5.32 Å². The third kappa shape index (κ3) is 5.68. The second-order valence-electron chi connectivity index (χ2n) is 6.51. The predicted molar refractivity (Wildman–Crippen MR) is 80.9 cm³/mol. The van der Waals surface area contributed by atoms with E-state index < -0.39 is 0 Å². The SMILES string of the molecule is CCCCc1ccc(C(C)NCC(C)(C)C)cc1. The molecule has 0 spiro atoms. The van der Waals surface area contributed by atoms with Crippen LogP contribution in [0.15, 0.2) is 24.3 Å². The van der Waals surface area contributed by atoms with Gasteiger partial charge in [0.15, 0.2) is 0 Å². The van der Waals surface area contributed by atoms with Crippen LogP contribution in [0.5, 0.6) is 0 Å². The van der Waals surface area contributed by atoms with Crippen LogP contribution in [0.1, 0.15) is 64.6 Å². The highest BCUT2D eigenvalue weighted by atomic mass is 14.9. The molecule has 18 heavy (non-hydrogen) atoms. The molecule has 1 aromatic carbocycles. The summed E-state index contributed by atoms with van der Waals surface area (Å²) in [6.07, 6.45) is 3.77. The summed E-state index contributed by atoms with van der Waals surface area (Å²) in [6.45, 7) is 12.3. The molecule has 0 bridgehead atoms. The Kier molecular flexibility index (Phi) is 5.87. The van der Waals surface area contributed by atoms with Gasteiger partial charge in [-0.05, 0) is 36.3 Å². The highest BCUT2D eigenvalue weighted by Crippen LogP contribution is 2.17. The molecule has 0 amide bonds. The summed E-state index contributed by atoms with van der Waals surface area (Å²) < 4.78 is 0. The zero-order valence-electron chi connectivity index (χ0n) is 12.7. The van der Waals surface area contributed by atoms with E-state index >= 15 is 0 Å². The van der Waals surface area contributed by atoms with Crippen molar-refractivity contribution in [2.24, 2.45) is 5.41 Å². The molecule has 1 nitrogen and oxygen atoms in total. The van der Waals surface area contributed by atoms with Gasteiger partial charge in [0, 0.05) is 12.6 Å². The molecule has 0 saturated heterocycles. The van der Waals surface area contributed by atoms with Gasteiger partial charge in [0.1, 0.15) is 0 Å². The minimum absolute atomic E-state index is 0.343. The fourth-order valence-corrected chi connectivity index (χ4v) is 1.93. The van der Waals surface area contributed by atoms with Gasteiger partial charge in [-0.3, -0.25) is 0 Å². The lowest BCUT2D eigenvalue weighted by molar-refractivity contribution is 0.359. The third-order valence-electron chi connectivity index (χ3n) is 3.24. The van der Waals surface area contributed by atoms with Crippen molar-refractivity contribution in [3.05, 3.63) is 35.4 Å². The summed E-state index contributed by atoms with van der Waals surface area (Å²) in [5, 5.41) is 3.60. The van der Waals surface area contributed by atoms with E-state index in [9.17, 15) is 0 Å². The highest BCUT2D eigenvalue weighted by molar-refractivity contribution is 5.24. The van der Waals surface area contributed by atoms with Gasteiger partial charge in [-0.2, -0.15) is 0 Å². The molecular formula is C17H29N.